The third-order valence-corrected chi connectivity index (χ3v) is 6.68. The Kier molecular flexibility index (Phi) is 5.48. The number of para-hydroxylation sites is 1. The molecule has 0 spiro atoms. The molecular weight excluding hydrogens is 374 g/mol. The van der Waals surface area contributed by atoms with Crippen LogP contribution in [0.2, 0.25) is 0 Å². The van der Waals surface area contributed by atoms with Gasteiger partial charge >= 0.3 is 0 Å². The highest BCUT2D eigenvalue weighted by Crippen LogP contribution is 2.22. The van der Waals surface area contributed by atoms with Crippen LogP contribution >= 0.6 is 0 Å². The second kappa shape index (κ2) is 8.03. The van der Waals surface area contributed by atoms with Crippen molar-refractivity contribution in [2.24, 2.45) is 5.92 Å². The van der Waals surface area contributed by atoms with Gasteiger partial charge in [0.15, 0.2) is 0 Å². The van der Waals surface area contributed by atoms with Crippen LogP contribution in [0.25, 0.3) is 10.9 Å². The van der Waals surface area contributed by atoms with Gasteiger partial charge in [0.05, 0.1) is 12.1 Å². The molecule has 1 aliphatic rings. The summed E-state index contributed by atoms with van der Waals surface area (Å²) in [6.07, 6.45) is 3.70. The number of rotatable bonds is 6. The van der Waals surface area contributed by atoms with Crippen molar-refractivity contribution >= 4 is 20.9 Å². The molecule has 4 rings (SSSR count). The Morgan fingerprint density at radius 2 is 2.07 bits per heavy atom. The smallest absolute Gasteiger partial charge is 0.242 e. The van der Waals surface area contributed by atoms with Gasteiger partial charge in [-0.05, 0) is 56.5 Å². The molecule has 0 bridgehead atoms. The van der Waals surface area contributed by atoms with Gasteiger partial charge in [-0.1, -0.05) is 18.2 Å². The minimum absolute atomic E-state index is 0.240. The van der Waals surface area contributed by atoms with Gasteiger partial charge in [0, 0.05) is 24.7 Å². The van der Waals surface area contributed by atoms with Crippen molar-refractivity contribution in [1.29, 1.82) is 0 Å². The van der Waals surface area contributed by atoms with Crippen LogP contribution in [0.5, 0.6) is 0 Å². The van der Waals surface area contributed by atoms with E-state index in [0.29, 0.717) is 12.1 Å². The standard InChI is InChI=1S/C21H25N3O3S/c1-16-9-10-19(27-16)15-24-12-4-5-17(14-24)13-23-28(25,26)20-8-2-6-18-7-3-11-22-21(18)20/h2-3,6-11,17,23H,4-5,12-15H2,1H3. The summed E-state index contributed by atoms with van der Waals surface area (Å²) in [5.74, 6) is 2.16. The first-order valence-corrected chi connectivity index (χ1v) is 11.1. The first kappa shape index (κ1) is 19.1. The number of aryl methyl sites for hydroxylation is 1. The summed E-state index contributed by atoms with van der Waals surface area (Å²) < 4.78 is 34.3. The van der Waals surface area contributed by atoms with Crippen LogP contribution in [-0.4, -0.2) is 37.9 Å². The summed E-state index contributed by atoms with van der Waals surface area (Å²) in [6.45, 7) is 5.01. The van der Waals surface area contributed by atoms with Gasteiger partial charge in [-0.25, -0.2) is 13.1 Å². The summed E-state index contributed by atoms with van der Waals surface area (Å²) in [7, 11) is -3.61. The summed E-state index contributed by atoms with van der Waals surface area (Å²) in [5.41, 5.74) is 0.510. The van der Waals surface area contributed by atoms with E-state index in [2.05, 4.69) is 14.6 Å². The number of pyridine rings is 1. The molecule has 28 heavy (non-hydrogen) atoms. The molecule has 0 radical (unpaired) electrons. The van der Waals surface area contributed by atoms with Crippen LogP contribution in [0, 0.1) is 12.8 Å². The highest BCUT2D eigenvalue weighted by Gasteiger charge is 2.24. The number of sulfonamides is 1. The first-order chi connectivity index (χ1) is 13.5. The van der Waals surface area contributed by atoms with Gasteiger partial charge in [-0.3, -0.25) is 9.88 Å². The molecule has 1 saturated heterocycles. The van der Waals surface area contributed by atoms with Crippen molar-refractivity contribution in [3.8, 4) is 0 Å². The Hall–Kier alpha value is -2.22. The van der Waals surface area contributed by atoms with Crippen molar-refractivity contribution < 1.29 is 12.8 Å². The van der Waals surface area contributed by atoms with Gasteiger partial charge < -0.3 is 4.42 Å². The molecule has 1 fully saturated rings. The maximum atomic E-state index is 12.9. The normalized spacial score (nSPS) is 18.5. The summed E-state index contributed by atoms with van der Waals surface area (Å²) in [4.78, 5) is 6.84. The third kappa shape index (κ3) is 4.27. The molecule has 1 aromatic carbocycles. The van der Waals surface area contributed by atoms with Crippen molar-refractivity contribution in [3.05, 3.63) is 60.2 Å². The average molecular weight is 400 g/mol. The number of aromatic nitrogens is 1. The Morgan fingerprint density at radius 3 is 2.89 bits per heavy atom. The Bertz CT molecular complexity index is 1060. The Morgan fingerprint density at radius 1 is 1.21 bits per heavy atom. The minimum atomic E-state index is -3.61. The number of hydrogen-bond acceptors (Lipinski definition) is 5. The zero-order chi connectivity index (χ0) is 19.6. The molecular formula is C21H25N3O3S. The van der Waals surface area contributed by atoms with Crippen LogP contribution in [-0.2, 0) is 16.6 Å². The van der Waals surface area contributed by atoms with Crippen molar-refractivity contribution in [2.75, 3.05) is 19.6 Å². The van der Waals surface area contributed by atoms with Gasteiger partial charge in [0.25, 0.3) is 0 Å². The largest absolute Gasteiger partial charge is 0.465 e. The Labute approximate surface area is 165 Å². The van der Waals surface area contributed by atoms with E-state index in [0.717, 1.165) is 49.4 Å². The Balaban J connectivity index is 1.41. The molecule has 6 nitrogen and oxygen atoms in total. The molecule has 1 N–H and O–H groups in total. The van der Waals surface area contributed by atoms with E-state index in [1.54, 1.807) is 18.3 Å². The number of piperidine rings is 1. The van der Waals surface area contributed by atoms with E-state index >= 15 is 0 Å². The van der Waals surface area contributed by atoms with Crippen LogP contribution in [0.4, 0.5) is 0 Å². The molecule has 0 amide bonds. The second-order valence-corrected chi connectivity index (χ2v) is 9.17. The first-order valence-electron chi connectivity index (χ1n) is 9.62. The van der Waals surface area contributed by atoms with E-state index in [4.69, 9.17) is 4.42 Å². The summed E-state index contributed by atoms with van der Waals surface area (Å²) >= 11 is 0. The number of hydrogen-bond donors (Lipinski definition) is 1. The van der Waals surface area contributed by atoms with Gasteiger partial charge in [0.2, 0.25) is 10.0 Å². The SMILES string of the molecule is Cc1ccc(CN2CCCC(CNS(=O)(=O)c3cccc4cccnc34)C2)o1. The summed E-state index contributed by atoms with van der Waals surface area (Å²) in [5, 5.41) is 0.822. The maximum absolute atomic E-state index is 12.9. The molecule has 0 saturated carbocycles. The molecule has 2 aromatic heterocycles. The monoisotopic (exact) mass is 399 g/mol. The highest BCUT2D eigenvalue weighted by molar-refractivity contribution is 7.89. The number of benzene rings is 1. The molecule has 1 unspecified atom stereocenters. The molecule has 1 atom stereocenters. The highest BCUT2D eigenvalue weighted by atomic mass is 32.2. The molecule has 7 heteroatoms. The van der Waals surface area contributed by atoms with Crippen molar-refractivity contribution in [3.63, 3.8) is 0 Å². The second-order valence-electron chi connectivity index (χ2n) is 7.44. The van der Waals surface area contributed by atoms with Gasteiger partial charge in [-0.2, -0.15) is 0 Å². The predicted molar refractivity (Wildman–Crippen MR) is 108 cm³/mol. The lowest BCUT2D eigenvalue weighted by molar-refractivity contribution is 0.158. The molecule has 3 heterocycles. The zero-order valence-electron chi connectivity index (χ0n) is 16.0. The molecule has 3 aromatic rings. The fourth-order valence-electron chi connectivity index (χ4n) is 3.85. The van der Waals surface area contributed by atoms with Crippen LogP contribution < -0.4 is 4.72 Å². The van der Waals surface area contributed by atoms with Gasteiger partial charge in [0.1, 0.15) is 16.4 Å². The average Bonchev–Trinajstić information content (AvgIpc) is 3.11. The predicted octanol–water partition coefficient (Wildman–Crippen LogP) is 3.33. The number of likely N-dealkylation sites (tertiary alicyclic amines) is 1. The summed E-state index contributed by atoms with van der Waals surface area (Å²) in [6, 6.07) is 12.9. The number of nitrogens with one attached hydrogen (secondary N) is 1. The maximum Gasteiger partial charge on any atom is 0.242 e. The topological polar surface area (TPSA) is 75.4 Å². The molecule has 148 valence electrons. The number of fused-ring (bicyclic) bond motifs is 1. The van der Waals surface area contributed by atoms with Crippen LogP contribution in [0.1, 0.15) is 24.4 Å². The van der Waals surface area contributed by atoms with E-state index < -0.39 is 10.0 Å². The van der Waals surface area contributed by atoms with Crippen molar-refractivity contribution in [1.82, 2.24) is 14.6 Å². The van der Waals surface area contributed by atoms with Crippen LogP contribution in [0.3, 0.4) is 0 Å². The van der Waals surface area contributed by atoms with E-state index in [-0.39, 0.29) is 10.8 Å². The van der Waals surface area contributed by atoms with Gasteiger partial charge in [-0.15, -0.1) is 0 Å². The third-order valence-electron chi connectivity index (χ3n) is 5.23. The number of furan rings is 1. The fraction of sp³-hybridized carbons (Fsp3) is 0.381. The fourth-order valence-corrected chi connectivity index (χ4v) is 5.14. The minimum Gasteiger partial charge on any atom is -0.465 e. The van der Waals surface area contributed by atoms with Crippen LogP contribution in [0.15, 0.2) is 58.0 Å². The quantitative estimate of drug-likeness (QED) is 0.688. The number of nitrogens with zero attached hydrogens (tertiary/aromatic N) is 2. The lowest BCUT2D eigenvalue weighted by Crippen LogP contribution is -2.40. The zero-order valence-corrected chi connectivity index (χ0v) is 16.8. The molecule has 1 aliphatic heterocycles. The lowest BCUT2D eigenvalue weighted by Gasteiger charge is -2.32. The van der Waals surface area contributed by atoms with E-state index in [9.17, 15) is 8.42 Å². The molecule has 0 aliphatic carbocycles. The van der Waals surface area contributed by atoms with Crippen molar-refractivity contribution in [2.45, 2.75) is 31.2 Å². The van der Waals surface area contributed by atoms with E-state index in [1.165, 1.54) is 0 Å². The van der Waals surface area contributed by atoms with E-state index in [1.807, 2.05) is 37.3 Å². The lowest BCUT2D eigenvalue weighted by atomic mass is 9.98.